The van der Waals surface area contributed by atoms with Gasteiger partial charge in [0.05, 0.1) is 12.0 Å². The molecule has 1 amide bonds. The fourth-order valence-electron chi connectivity index (χ4n) is 2.36. The van der Waals surface area contributed by atoms with Crippen LogP contribution in [0.4, 0.5) is 5.69 Å². The number of furan rings is 1. The standard InChI is InChI=1S/C15H14N2O3/c1-15(6-7-19-9-15)14(18)17-13-10-4-2-3-5-11(10)20-12(13)8-16/h2-5H,6-7,9H2,1H3,(H,17,18). The Morgan fingerprint density at radius 3 is 2.95 bits per heavy atom. The monoisotopic (exact) mass is 270 g/mol. The first-order chi connectivity index (χ1) is 9.64. The third-order valence-corrected chi connectivity index (χ3v) is 3.70. The molecule has 1 saturated heterocycles. The lowest BCUT2D eigenvalue weighted by Crippen LogP contribution is -2.33. The van der Waals surface area contributed by atoms with Crippen molar-refractivity contribution in [3.05, 3.63) is 30.0 Å². The third-order valence-electron chi connectivity index (χ3n) is 3.70. The zero-order valence-corrected chi connectivity index (χ0v) is 11.1. The second kappa shape index (κ2) is 4.66. The number of anilines is 1. The van der Waals surface area contributed by atoms with Crippen LogP contribution in [0.15, 0.2) is 28.7 Å². The summed E-state index contributed by atoms with van der Waals surface area (Å²) in [5, 5.41) is 12.7. The van der Waals surface area contributed by atoms with E-state index in [-0.39, 0.29) is 11.7 Å². The average molecular weight is 270 g/mol. The number of amides is 1. The molecular formula is C15H14N2O3. The molecule has 0 saturated carbocycles. The third kappa shape index (κ3) is 1.95. The van der Waals surface area contributed by atoms with E-state index in [1.54, 1.807) is 6.07 Å². The molecule has 1 N–H and O–H groups in total. The fraction of sp³-hybridized carbons (Fsp3) is 0.333. The molecule has 1 aliphatic rings. The van der Waals surface area contributed by atoms with E-state index in [4.69, 9.17) is 14.4 Å². The number of carbonyl (C=O) groups excluding carboxylic acids is 1. The highest BCUT2D eigenvalue weighted by atomic mass is 16.5. The summed E-state index contributed by atoms with van der Waals surface area (Å²) in [6, 6.07) is 9.24. The number of para-hydroxylation sites is 1. The van der Waals surface area contributed by atoms with Gasteiger partial charge in [-0.3, -0.25) is 4.79 Å². The number of nitrogens with zero attached hydrogens (tertiary/aromatic N) is 1. The van der Waals surface area contributed by atoms with Gasteiger partial charge in [-0.1, -0.05) is 12.1 Å². The predicted octanol–water partition coefficient (Wildman–Crippen LogP) is 2.67. The van der Waals surface area contributed by atoms with Crippen molar-refractivity contribution in [1.29, 1.82) is 5.26 Å². The molecular weight excluding hydrogens is 256 g/mol. The zero-order valence-electron chi connectivity index (χ0n) is 11.1. The maximum Gasteiger partial charge on any atom is 0.232 e. The number of hydrogen-bond acceptors (Lipinski definition) is 4. The number of fused-ring (bicyclic) bond motifs is 1. The Hall–Kier alpha value is -2.32. The van der Waals surface area contributed by atoms with Crippen LogP contribution in [0.25, 0.3) is 11.0 Å². The van der Waals surface area contributed by atoms with E-state index in [0.29, 0.717) is 30.9 Å². The van der Waals surface area contributed by atoms with Crippen LogP contribution in [0.3, 0.4) is 0 Å². The van der Waals surface area contributed by atoms with Crippen LogP contribution in [-0.4, -0.2) is 19.1 Å². The van der Waals surface area contributed by atoms with Crippen molar-refractivity contribution < 1.29 is 13.9 Å². The molecule has 5 heteroatoms. The molecule has 1 aromatic carbocycles. The molecule has 0 radical (unpaired) electrons. The highest BCUT2D eigenvalue weighted by Crippen LogP contribution is 2.34. The molecule has 20 heavy (non-hydrogen) atoms. The minimum atomic E-state index is -0.550. The molecule has 1 atom stereocenters. The second-order valence-electron chi connectivity index (χ2n) is 5.23. The minimum Gasteiger partial charge on any atom is -0.443 e. The molecule has 1 aliphatic heterocycles. The van der Waals surface area contributed by atoms with Crippen molar-refractivity contribution in [2.75, 3.05) is 18.5 Å². The van der Waals surface area contributed by atoms with Crippen LogP contribution in [0, 0.1) is 16.7 Å². The van der Waals surface area contributed by atoms with Crippen LogP contribution in [0.5, 0.6) is 0 Å². The Balaban J connectivity index is 1.98. The van der Waals surface area contributed by atoms with Gasteiger partial charge in [0.1, 0.15) is 17.3 Å². The quantitative estimate of drug-likeness (QED) is 0.910. The van der Waals surface area contributed by atoms with Crippen LogP contribution in [-0.2, 0) is 9.53 Å². The van der Waals surface area contributed by atoms with Crippen molar-refractivity contribution in [2.45, 2.75) is 13.3 Å². The van der Waals surface area contributed by atoms with E-state index in [0.717, 1.165) is 5.39 Å². The fourth-order valence-corrected chi connectivity index (χ4v) is 2.36. The average Bonchev–Trinajstić information content (AvgIpc) is 3.04. The lowest BCUT2D eigenvalue weighted by Gasteiger charge is -2.20. The molecule has 1 fully saturated rings. The second-order valence-corrected chi connectivity index (χ2v) is 5.23. The van der Waals surface area contributed by atoms with Crippen LogP contribution in [0.1, 0.15) is 19.1 Å². The van der Waals surface area contributed by atoms with Gasteiger partial charge in [-0.05, 0) is 25.5 Å². The molecule has 1 aromatic heterocycles. The number of benzene rings is 1. The molecule has 3 rings (SSSR count). The summed E-state index contributed by atoms with van der Waals surface area (Å²) >= 11 is 0. The molecule has 2 aromatic rings. The van der Waals surface area contributed by atoms with Gasteiger partial charge in [-0.2, -0.15) is 5.26 Å². The van der Waals surface area contributed by atoms with Crippen molar-refractivity contribution in [3.63, 3.8) is 0 Å². The lowest BCUT2D eigenvalue weighted by molar-refractivity contribution is -0.124. The van der Waals surface area contributed by atoms with Crippen molar-refractivity contribution in [1.82, 2.24) is 0 Å². The van der Waals surface area contributed by atoms with Gasteiger partial charge >= 0.3 is 0 Å². The van der Waals surface area contributed by atoms with Gasteiger partial charge in [0.2, 0.25) is 11.7 Å². The largest absolute Gasteiger partial charge is 0.443 e. The molecule has 2 heterocycles. The molecule has 5 nitrogen and oxygen atoms in total. The molecule has 1 unspecified atom stereocenters. The van der Waals surface area contributed by atoms with Crippen molar-refractivity contribution in [3.8, 4) is 6.07 Å². The molecule has 0 bridgehead atoms. The molecule has 0 aliphatic carbocycles. The Morgan fingerprint density at radius 1 is 1.45 bits per heavy atom. The van der Waals surface area contributed by atoms with Crippen molar-refractivity contribution in [2.24, 2.45) is 5.41 Å². The minimum absolute atomic E-state index is 0.127. The number of carbonyl (C=O) groups is 1. The first-order valence-corrected chi connectivity index (χ1v) is 6.45. The number of ether oxygens (including phenoxy) is 1. The highest BCUT2D eigenvalue weighted by Gasteiger charge is 2.38. The predicted molar refractivity (Wildman–Crippen MR) is 73.1 cm³/mol. The first kappa shape index (κ1) is 12.7. The smallest absolute Gasteiger partial charge is 0.232 e. The van der Waals surface area contributed by atoms with Crippen LogP contribution < -0.4 is 5.32 Å². The van der Waals surface area contributed by atoms with E-state index in [2.05, 4.69) is 5.32 Å². The maximum absolute atomic E-state index is 12.4. The summed E-state index contributed by atoms with van der Waals surface area (Å²) in [5.41, 5.74) is 0.485. The number of nitrogens with one attached hydrogen (secondary N) is 1. The lowest BCUT2D eigenvalue weighted by atomic mass is 9.89. The number of hydrogen-bond donors (Lipinski definition) is 1. The Morgan fingerprint density at radius 2 is 2.25 bits per heavy atom. The van der Waals surface area contributed by atoms with Gasteiger partial charge in [0.25, 0.3) is 0 Å². The van der Waals surface area contributed by atoms with Gasteiger partial charge in [0.15, 0.2) is 0 Å². The number of nitriles is 1. The summed E-state index contributed by atoms with van der Waals surface area (Å²) in [7, 11) is 0. The van der Waals surface area contributed by atoms with Gasteiger partial charge in [0, 0.05) is 12.0 Å². The summed E-state index contributed by atoms with van der Waals surface area (Å²) in [6.45, 7) is 2.85. The summed E-state index contributed by atoms with van der Waals surface area (Å²) in [6.07, 6.45) is 0.677. The highest BCUT2D eigenvalue weighted by molar-refractivity contribution is 6.04. The van der Waals surface area contributed by atoms with E-state index < -0.39 is 5.41 Å². The summed E-state index contributed by atoms with van der Waals surface area (Å²) < 4.78 is 10.7. The van der Waals surface area contributed by atoms with E-state index in [1.807, 2.05) is 31.2 Å². The Bertz CT molecular complexity index is 705. The van der Waals surface area contributed by atoms with E-state index in [9.17, 15) is 4.79 Å². The zero-order chi connectivity index (χ0) is 14.2. The van der Waals surface area contributed by atoms with Gasteiger partial charge < -0.3 is 14.5 Å². The molecule has 0 spiro atoms. The first-order valence-electron chi connectivity index (χ1n) is 6.45. The van der Waals surface area contributed by atoms with E-state index >= 15 is 0 Å². The van der Waals surface area contributed by atoms with Crippen molar-refractivity contribution >= 4 is 22.6 Å². The molecule has 102 valence electrons. The van der Waals surface area contributed by atoms with E-state index in [1.165, 1.54) is 0 Å². The van der Waals surface area contributed by atoms with Gasteiger partial charge in [-0.25, -0.2) is 0 Å². The SMILES string of the molecule is CC1(C(=O)Nc2c(C#N)oc3ccccc23)CCOC1. The Kier molecular flexibility index (Phi) is 2.96. The number of rotatable bonds is 2. The topological polar surface area (TPSA) is 75.3 Å². The summed E-state index contributed by atoms with van der Waals surface area (Å²) in [4.78, 5) is 12.4. The van der Waals surface area contributed by atoms with Crippen LogP contribution in [0.2, 0.25) is 0 Å². The summed E-state index contributed by atoms with van der Waals surface area (Å²) in [5.74, 6) is -0.0138. The normalized spacial score (nSPS) is 21.8. The maximum atomic E-state index is 12.4. The van der Waals surface area contributed by atoms with Gasteiger partial charge in [-0.15, -0.1) is 0 Å². The Labute approximate surface area is 116 Å². The van der Waals surface area contributed by atoms with Crippen LogP contribution >= 0.6 is 0 Å².